The van der Waals surface area contributed by atoms with Gasteiger partial charge in [0.15, 0.2) is 0 Å². The van der Waals surface area contributed by atoms with Gasteiger partial charge in [0.2, 0.25) is 5.91 Å². The van der Waals surface area contributed by atoms with Gasteiger partial charge in [-0.1, -0.05) is 30.3 Å². The standard InChI is InChI=1S/C22H20N4O3/c1-29-16-11-9-15(10-12-16)21-24-18-7-3-2-6-17(18)22(28)26(21)14-20(27)25-19-8-4-5-13-23-19/h2-13,21,24H,14H2,1H3,(H,23,25,27)/t21-/m1/s1. The second-order valence-electron chi connectivity index (χ2n) is 6.56. The molecule has 0 radical (unpaired) electrons. The summed E-state index contributed by atoms with van der Waals surface area (Å²) in [7, 11) is 1.60. The normalized spacial score (nSPS) is 15.3. The number of benzene rings is 2. The van der Waals surface area contributed by atoms with Crippen molar-refractivity contribution in [2.45, 2.75) is 6.17 Å². The van der Waals surface area contributed by atoms with Crippen LogP contribution in [0.3, 0.4) is 0 Å². The van der Waals surface area contributed by atoms with E-state index in [1.165, 1.54) is 4.90 Å². The molecule has 0 fully saturated rings. The molecule has 2 aromatic carbocycles. The number of hydrogen-bond acceptors (Lipinski definition) is 5. The van der Waals surface area contributed by atoms with E-state index in [4.69, 9.17) is 4.74 Å². The van der Waals surface area contributed by atoms with E-state index in [-0.39, 0.29) is 18.4 Å². The van der Waals surface area contributed by atoms with Crippen LogP contribution in [0.25, 0.3) is 0 Å². The molecule has 0 spiro atoms. The smallest absolute Gasteiger partial charge is 0.258 e. The first-order valence-electron chi connectivity index (χ1n) is 9.17. The summed E-state index contributed by atoms with van der Waals surface area (Å²) in [6.45, 7) is -0.118. The number of fused-ring (bicyclic) bond motifs is 1. The highest BCUT2D eigenvalue weighted by atomic mass is 16.5. The lowest BCUT2D eigenvalue weighted by molar-refractivity contribution is -0.117. The molecule has 7 nitrogen and oxygen atoms in total. The molecule has 1 aliphatic rings. The van der Waals surface area contributed by atoms with Crippen LogP contribution in [0.15, 0.2) is 72.9 Å². The van der Waals surface area contributed by atoms with E-state index in [0.717, 1.165) is 17.0 Å². The van der Waals surface area contributed by atoms with Crippen molar-refractivity contribution in [3.05, 3.63) is 84.1 Å². The molecule has 0 unspecified atom stereocenters. The zero-order chi connectivity index (χ0) is 20.2. The Labute approximate surface area is 168 Å². The van der Waals surface area contributed by atoms with Crippen LogP contribution in [0.4, 0.5) is 11.5 Å². The monoisotopic (exact) mass is 388 g/mol. The van der Waals surface area contributed by atoms with Gasteiger partial charge < -0.3 is 20.3 Å². The highest BCUT2D eigenvalue weighted by molar-refractivity contribution is 6.04. The number of carbonyl (C=O) groups excluding carboxylic acids is 2. The van der Waals surface area contributed by atoms with Crippen LogP contribution in [-0.4, -0.2) is 35.4 Å². The lowest BCUT2D eigenvalue weighted by atomic mass is 10.0. The van der Waals surface area contributed by atoms with Gasteiger partial charge in [-0.05, 0) is 42.0 Å². The minimum Gasteiger partial charge on any atom is -0.497 e. The van der Waals surface area contributed by atoms with Gasteiger partial charge in [0.1, 0.15) is 24.3 Å². The van der Waals surface area contributed by atoms with Crippen molar-refractivity contribution in [2.75, 3.05) is 24.3 Å². The molecular weight excluding hydrogens is 368 g/mol. The van der Waals surface area contributed by atoms with E-state index in [1.807, 2.05) is 36.4 Å². The molecule has 0 aliphatic carbocycles. The third kappa shape index (κ3) is 3.89. The summed E-state index contributed by atoms with van der Waals surface area (Å²) in [5, 5.41) is 6.10. The molecule has 0 bridgehead atoms. The maximum Gasteiger partial charge on any atom is 0.258 e. The van der Waals surface area contributed by atoms with Crippen molar-refractivity contribution < 1.29 is 14.3 Å². The number of carbonyl (C=O) groups is 2. The van der Waals surface area contributed by atoms with E-state index in [1.54, 1.807) is 43.6 Å². The maximum atomic E-state index is 13.2. The van der Waals surface area contributed by atoms with Gasteiger partial charge in [-0.2, -0.15) is 0 Å². The summed E-state index contributed by atoms with van der Waals surface area (Å²) in [6, 6.07) is 19.9. The summed E-state index contributed by atoms with van der Waals surface area (Å²) in [6.07, 6.45) is 1.11. The number of nitrogens with zero attached hydrogens (tertiary/aromatic N) is 2. The van der Waals surface area contributed by atoms with Crippen LogP contribution >= 0.6 is 0 Å². The van der Waals surface area contributed by atoms with Gasteiger partial charge in [-0.3, -0.25) is 9.59 Å². The average molecular weight is 388 g/mol. The number of para-hydroxylation sites is 1. The molecule has 4 rings (SSSR count). The first-order chi connectivity index (χ1) is 14.2. The number of hydrogen-bond donors (Lipinski definition) is 2. The molecule has 1 aromatic heterocycles. The summed E-state index contributed by atoms with van der Waals surface area (Å²) in [5.41, 5.74) is 2.11. The number of amides is 2. The van der Waals surface area contributed by atoms with Crippen molar-refractivity contribution in [1.82, 2.24) is 9.88 Å². The van der Waals surface area contributed by atoms with E-state index >= 15 is 0 Å². The zero-order valence-electron chi connectivity index (χ0n) is 15.8. The van der Waals surface area contributed by atoms with E-state index in [2.05, 4.69) is 15.6 Å². The molecule has 2 N–H and O–H groups in total. The Balaban J connectivity index is 1.63. The molecule has 3 aromatic rings. The van der Waals surface area contributed by atoms with Crippen LogP contribution in [0.5, 0.6) is 5.75 Å². The third-order valence-corrected chi connectivity index (χ3v) is 4.70. The van der Waals surface area contributed by atoms with Gasteiger partial charge in [0, 0.05) is 11.9 Å². The molecule has 0 saturated carbocycles. The van der Waals surface area contributed by atoms with Gasteiger partial charge in [0.05, 0.1) is 12.7 Å². The number of ether oxygens (including phenoxy) is 1. The van der Waals surface area contributed by atoms with Crippen molar-refractivity contribution in [3.8, 4) is 5.75 Å². The predicted octanol–water partition coefficient (Wildman–Crippen LogP) is 3.30. The fourth-order valence-electron chi connectivity index (χ4n) is 3.28. The average Bonchev–Trinajstić information content (AvgIpc) is 2.76. The zero-order valence-corrected chi connectivity index (χ0v) is 15.8. The Kier molecular flexibility index (Phi) is 5.11. The molecule has 1 atom stereocenters. The molecule has 7 heteroatoms. The Morgan fingerprint density at radius 2 is 1.86 bits per heavy atom. The van der Waals surface area contributed by atoms with Crippen LogP contribution in [0.2, 0.25) is 0 Å². The largest absolute Gasteiger partial charge is 0.497 e. The number of rotatable bonds is 5. The molecule has 29 heavy (non-hydrogen) atoms. The van der Waals surface area contributed by atoms with Crippen LogP contribution in [0, 0.1) is 0 Å². The molecule has 2 amide bonds. The third-order valence-electron chi connectivity index (χ3n) is 4.70. The number of aromatic nitrogens is 1. The van der Waals surface area contributed by atoms with Gasteiger partial charge >= 0.3 is 0 Å². The molecule has 146 valence electrons. The van der Waals surface area contributed by atoms with E-state index in [9.17, 15) is 9.59 Å². The minimum absolute atomic E-state index is 0.118. The Hall–Kier alpha value is -3.87. The van der Waals surface area contributed by atoms with Gasteiger partial charge in [-0.25, -0.2) is 4.98 Å². The number of nitrogens with one attached hydrogen (secondary N) is 2. The van der Waals surface area contributed by atoms with Gasteiger partial charge in [0.25, 0.3) is 5.91 Å². The van der Waals surface area contributed by atoms with Crippen molar-refractivity contribution in [3.63, 3.8) is 0 Å². The number of pyridine rings is 1. The van der Waals surface area contributed by atoms with E-state index < -0.39 is 6.17 Å². The molecule has 1 aliphatic heterocycles. The summed E-state index contributed by atoms with van der Waals surface area (Å²) in [5.74, 6) is 0.625. The van der Waals surface area contributed by atoms with E-state index in [0.29, 0.717) is 11.4 Å². The molecule has 2 heterocycles. The van der Waals surface area contributed by atoms with Crippen LogP contribution < -0.4 is 15.4 Å². The highest BCUT2D eigenvalue weighted by Gasteiger charge is 2.34. The quantitative estimate of drug-likeness (QED) is 0.701. The molecular formula is C22H20N4O3. The SMILES string of the molecule is COc1ccc([C@@H]2Nc3ccccc3C(=O)N2CC(=O)Nc2ccccn2)cc1. The minimum atomic E-state index is -0.488. The Bertz CT molecular complexity index is 1020. The van der Waals surface area contributed by atoms with Crippen LogP contribution in [0.1, 0.15) is 22.1 Å². The highest BCUT2D eigenvalue weighted by Crippen LogP contribution is 2.33. The second-order valence-corrected chi connectivity index (χ2v) is 6.56. The first-order valence-corrected chi connectivity index (χ1v) is 9.17. The summed E-state index contributed by atoms with van der Waals surface area (Å²) in [4.78, 5) is 31.4. The maximum absolute atomic E-state index is 13.2. The molecule has 0 saturated heterocycles. The fourth-order valence-corrected chi connectivity index (χ4v) is 3.28. The number of anilines is 2. The van der Waals surface area contributed by atoms with Crippen LogP contribution in [-0.2, 0) is 4.79 Å². The van der Waals surface area contributed by atoms with Crippen molar-refractivity contribution in [2.24, 2.45) is 0 Å². The Morgan fingerprint density at radius 3 is 2.59 bits per heavy atom. The summed E-state index contributed by atoms with van der Waals surface area (Å²) < 4.78 is 5.22. The Morgan fingerprint density at radius 1 is 1.10 bits per heavy atom. The van der Waals surface area contributed by atoms with Crippen molar-refractivity contribution in [1.29, 1.82) is 0 Å². The lowest BCUT2D eigenvalue weighted by Crippen LogP contribution is -2.46. The topological polar surface area (TPSA) is 83.6 Å². The number of methoxy groups -OCH3 is 1. The van der Waals surface area contributed by atoms with Gasteiger partial charge in [-0.15, -0.1) is 0 Å². The predicted molar refractivity (Wildman–Crippen MR) is 110 cm³/mol. The summed E-state index contributed by atoms with van der Waals surface area (Å²) >= 11 is 0. The first kappa shape index (κ1) is 18.5. The lowest BCUT2D eigenvalue weighted by Gasteiger charge is -2.37. The second kappa shape index (κ2) is 8.02. The van der Waals surface area contributed by atoms with Crippen molar-refractivity contribution >= 4 is 23.3 Å². The fraction of sp³-hybridized carbons (Fsp3) is 0.136.